The standard InChI is InChI=1S/C13H25N5O/c1-4-6-7-8-9-15-12-16-11(14-3)17-13(18-12)19-10-5-2/h4-10H2,1-3H3,(H2,14,15,16,17,18). The molecule has 1 aromatic heterocycles. The summed E-state index contributed by atoms with van der Waals surface area (Å²) in [5.74, 6) is 1.10. The van der Waals surface area contributed by atoms with Crippen LogP contribution in [-0.4, -0.2) is 35.2 Å². The number of aromatic nitrogens is 3. The maximum atomic E-state index is 5.44. The zero-order valence-corrected chi connectivity index (χ0v) is 12.2. The third-order valence-electron chi connectivity index (χ3n) is 2.59. The lowest BCUT2D eigenvalue weighted by Crippen LogP contribution is -2.10. The predicted octanol–water partition coefficient (Wildman–Crippen LogP) is 2.69. The minimum atomic E-state index is 0.372. The molecule has 0 unspecified atom stereocenters. The van der Waals surface area contributed by atoms with E-state index in [-0.39, 0.29) is 0 Å². The van der Waals surface area contributed by atoms with Crippen LogP contribution in [-0.2, 0) is 0 Å². The Morgan fingerprint density at radius 2 is 1.74 bits per heavy atom. The summed E-state index contributed by atoms with van der Waals surface area (Å²) in [6.45, 7) is 5.74. The van der Waals surface area contributed by atoms with Crippen LogP contribution in [0.5, 0.6) is 6.01 Å². The maximum absolute atomic E-state index is 5.44. The minimum Gasteiger partial charge on any atom is -0.463 e. The Balaban J connectivity index is 2.50. The summed E-state index contributed by atoms with van der Waals surface area (Å²) in [5.41, 5.74) is 0. The third kappa shape index (κ3) is 6.22. The van der Waals surface area contributed by atoms with Gasteiger partial charge in [-0.15, -0.1) is 0 Å². The monoisotopic (exact) mass is 267 g/mol. The first kappa shape index (κ1) is 15.5. The number of nitrogens with zero attached hydrogens (tertiary/aromatic N) is 3. The van der Waals surface area contributed by atoms with Gasteiger partial charge in [0.2, 0.25) is 11.9 Å². The van der Waals surface area contributed by atoms with Crippen molar-refractivity contribution in [3.05, 3.63) is 0 Å². The number of unbranched alkanes of at least 4 members (excludes halogenated alkanes) is 3. The molecule has 0 saturated heterocycles. The van der Waals surface area contributed by atoms with E-state index in [0.29, 0.717) is 24.5 Å². The molecule has 0 aromatic carbocycles. The molecule has 0 saturated carbocycles. The molecule has 0 atom stereocenters. The normalized spacial score (nSPS) is 10.3. The second-order valence-corrected chi connectivity index (χ2v) is 4.35. The van der Waals surface area contributed by atoms with Gasteiger partial charge in [0.1, 0.15) is 0 Å². The zero-order chi connectivity index (χ0) is 13.9. The maximum Gasteiger partial charge on any atom is 0.323 e. The Labute approximate surface area is 115 Å². The van der Waals surface area contributed by atoms with Gasteiger partial charge in [-0.3, -0.25) is 0 Å². The van der Waals surface area contributed by atoms with Crippen LogP contribution in [0.15, 0.2) is 0 Å². The van der Waals surface area contributed by atoms with Crippen LogP contribution < -0.4 is 15.4 Å². The molecular weight excluding hydrogens is 242 g/mol. The van der Waals surface area contributed by atoms with Crippen molar-refractivity contribution in [1.29, 1.82) is 0 Å². The van der Waals surface area contributed by atoms with E-state index >= 15 is 0 Å². The van der Waals surface area contributed by atoms with E-state index < -0.39 is 0 Å². The van der Waals surface area contributed by atoms with Crippen LogP contribution in [0.1, 0.15) is 46.0 Å². The van der Waals surface area contributed by atoms with Crippen molar-refractivity contribution < 1.29 is 4.74 Å². The van der Waals surface area contributed by atoms with Crippen LogP contribution >= 0.6 is 0 Å². The lowest BCUT2D eigenvalue weighted by atomic mass is 10.2. The molecule has 1 aromatic rings. The highest BCUT2D eigenvalue weighted by Gasteiger charge is 2.05. The molecule has 0 amide bonds. The molecule has 0 aliphatic rings. The van der Waals surface area contributed by atoms with Crippen LogP contribution in [0.3, 0.4) is 0 Å². The van der Waals surface area contributed by atoms with Gasteiger partial charge in [0.15, 0.2) is 0 Å². The molecule has 108 valence electrons. The third-order valence-corrected chi connectivity index (χ3v) is 2.59. The summed E-state index contributed by atoms with van der Waals surface area (Å²) >= 11 is 0. The van der Waals surface area contributed by atoms with E-state index in [1.54, 1.807) is 7.05 Å². The Bertz CT molecular complexity index is 359. The fourth-order valence-corrected chi connectivity index (χ4v) is 1.56. The summed E-state index contributed by atoms with van der Waals surface area (Å²) in [5, 5.41) is 6.13. The van der Waals surface area contributed by atoms with Gasteiger partial charge < -0.3 is 15.4 Å². The number of hydrogen-bond donors (Lipinski definition) is 2. The molecule has 2 N–H and O–H groups in total. The highest BCUT2D eigenvalue weighted by atomic mass is 16.5. The van der Waals surface area contributed by atoms with Gasteiger partial charge in [-0.25, -0.2) is 0 Å². The van der Waals surface area contributed by atoms with E-state index in [2.05, 4.69) is 32.5 Å². The van der Waals surface area contributed by atoms with Crippen LogP contribution in [0.25, 0.3) is 0 Å². The fraction of sp³-hybridized carbons (Fsp3) is 0.769. The summed E-state index contributed by atoms with van der Waals surface area (Å²) in [7, 11) is 1.78. The summed E-state index contributed by atoms with van der Waals surface area (Å²) in [6.07, 6.45) is 5.79. The fourth-order valence-electron chi connectivity index (χ4n) is 1.56. The van der Waals surface area contributed by atoms with Crippen LogP contribution in [0, 0.1) is 0 Å². The molecule has 1 heterocycles. The van der Waals surface area contributed by atoms with Gasteiger partial charge in [-0.05, 0) is 12.8 Å². The van der Waals surface area contributed by atoms with Gasteiger partial charge >= 0.3 is 6.01 Å². The van der Waals surface area contributed by atoms with Gasteiger partial charge in [0, 0.05) is 13.6 Å². The van der Waals surface area contributed by atoms with Crippen molar-refractivity contribution in [1.82, 2.24) is 15.0 Å². The molecule has 19 heavy (non-hydrogen) atoms. The molecule has 0 aliphatic heterocycles. The second-order valence-electron chi connectivity index (χ2n) is 4.35. The van der Waals surface area contributed by atoms with Gasteiger partial charge in [0.25, 0.3) is 0 Å². The molecule has 0 radical (unpaired) electrons. The molecule has 0 spiro atoms. The molecule has 0 fully saturated rings. The number of ether oxygens (including phenoxy) is 1. The first-order chi connectivity index (χ1) is 9.30. The van der Waals surface area contributed by atoms with Crippen molar-refractivity contribution in [2.75, 3.05) is 30.8 Å². The van der Waals surface area contributed by atoms with Crippen molar-refractivity contribution in [2.45, 2.75) is 46.0 Å². The molecule has 1 rings (SSSR count). The highest BCUT2D eigenvalue weighted by molar-refractivity contribution is 5.35. The Morgan fingerprint density at radius 1 is 0.947 bits per heavy atom. The first-order valence-corrected chi connectivity index (χ1v) is 7.10. The van der Waals surface area contributed by atoms with Crippen molar-refractivity contribution in [2.24, 2.45) is 0 Å². The molecule has 6 nitrogen and oxygen atoms in total. The summed E-state index contributed by atoms with van der Waals surface area (Å²) in [4.78, 5) is 12.6. The van der Waals surface area contributed by atoms with Crippen LogP contribution in [0.4, 0.5) is 11.9 Å². The number of anilines is 2. The summed E-state index contributed by atoms with van der Waals surface area (Å²) in [6, 6.07) is 0.372. The van der Waals surface area contributed by atoms with Gasteiger partial charge in [-0.2, -0.15) is 15.0 Å². The average Bonchev–Trinajstić information content (AvgIpc) is 2.44. The quantitative estimate of drug-likeness (QED) is 0.635. The number of rotatable bonds is 10. The Kier molecular flexibility index (Phi) is 7.62. The highest BCUT2D eigenvalue weighted by Crippen LogP contribution is 2.11. The molecular formula is C13H25N5O. The zero-order valence-electron chi connectivity index (χ0n) is 12.2. The smallest absolute Gasteiger partial charge is 0.323 e. The van der Waals surface area contributed by atoms with E-state index in [9.17, 15) is 0 Å². The molecule has 0 bridgehead atoms. The second kappa shape index (κ2) is 9.35. The van der Waals surface area contributed by atoms with E-state index in [0.717, 1.165) is 19.4 Å². The van der Waals surface area contributed by atoms with Crippen LogP contribution in [0.2, 0.25) is 0 Å². The van der Waals surface area contributed by atoms with Crippen molar-refractivity contribution in [3.8, 4) is 6.01 Å². The minimum absolute atomic E-state index is 0.372. The molecule has 0 aliphatic carbocycles. The van der Waals surface area contributed by atoms with Gasteiger partial charge in [0.05, 0.1) is 6.61 Å². The lowest BCUT2D eigenvalue weighted by Gasteiger charge is -2.08. The predicted molar refractivity (Wildman–Crippen MR) is 77.8 cm³/mol. The van der Waals surface area contributed by atoms with E-state index in [1.165, 1.54) is 19.3 Å². The lowest BCUT2D eigenvalue weighted by molar-refractivity contribution is 0.292. The number of hydrogen-bond acceptors (Lipinski definition) is 6. The largest absolute Gasteiger partial charge is 0.463 e. The SMILES string of the molecule is CCCCCCNc1nc(NC)nc(OCCC)n1. The Morgan fingerprint density at radius 3 is 2.42 bits per heavy atom. The Hall–Kier alpha value is -1.59. The van der Waals surface area contributed by atoms with E-state index in [1.807, 2.05) is 6.92 Å². The van der Waals surface area contributed by atoms with Gasteiger partial charge in [-0.1, -0.05) is 33.1 Å². The summed E-state index contributed by atoms with van der Waals surface area (Å²) < 4.78 is 5.44. The average molecular weight is 267 g/mol. The van der Waals surface area contributed by atoms with Crippen molar-refractivity contribution in [3.63, 3.8) is 0 Å². The van der Waals surface area contributed by atoms with Crippen molar-refractivity contribution >= 4 is 11.9 Å². The first-order valence-electron chi connectivity index (χ1n) is 7.10. The number of nitrogens with one attached hydrogen (secondary N) is 2. The topological polar surface area (TPSA) is 72.0 Å². The van der Waals surface area contributed by atoms with E-state index in [4.69, 9.17) is 4.74 Å². The molecule has 6 heteroatoms.